The van der Waals surface area contributed by atoms with Crippen LogP contribution in [0.5, 0.6) is 5.75 Å². The fourth-order valence-electron chi connectivity index (χ4n) is 2.99. The number of aryl methyl sites for hydroxylation is 2. The summed E-state index contributed by atoms with van der Waals surface area (Å²) in [5.74, 6) is -0.136. The Kier molecular flexibility index (Phi) is 7.81. The highest BCUT2D eigenvalue weighted by Crippen LogP contribution is 2.15. The molecule has 0 aromatic heterocycles. The molecule has 0 saturated heterocycles. The molecule has 0 saturated carbocycles. The Morgan fingerprint density at radius 2 is 1.45 bits per heavy atom. The zero-order valence-corrected chi connectivity index (χ0v) is 18.8. The van der Waals surface area contributed by atoms with Gasteiger partial charge in [-0.25, -0.2) is 4.79 Å². The van der Waals surface area contributed by atoms with Crippen molar-refractivity contribution >= 4 is 23.7 Å². The first kappa shape index (κ1) is 23.5. The molecule has 0 atom stereocenters. The average molecular weight is 447 g/mol. The van der Waals surface area contributed by atoms with Gasteiger partial charge in [0.15, 0.2) is 0 Å². The molecule has 0 heterocycles. The van der Waals surface area contributed by atoms with Crippen LogP contribution in [-0.2, 0) is 11.3 Å². The van der Waals surface area contributed by atoms with Gasteiger partial charge in [0.25, 0.3) is 11.8 Å². The SMILES string of the molecule is CCOC(=O)Oc1ccc(C(=O)NCc2ccc(NC(=O)c3ccc(C)c(C)c3)cc2)cc1. The van der Waals surface area contributed by atoms with Crippen molar-refractivity contribution in [1.29, 1.82) is 0 Å². The summed E-state index contributed by atoms with van der Waals surface area (Å²) in [4.78, 5) is 36.1. The first-order valence-electron chi connectivity index (χ1n) is 10.6. The van der Waals surface area contributed by atoms with Crippen LogP contribution >= 0.6 is 0 Å². The maximum atomic E-state index is 12.4. The monoisotopic (exact) mass is 446 g/mol. The van der Waals surface area contributed by atoms with Crippen molar-refractivity contribution in [3.63, 3.8) is 0 Å². The Morgan fingerprint density at radius 1 is 0.788 bits per heavy atom. The van der Waals surface area contributed by atoms with Crippen LogP contribution in [0.4, 0.5) is 10.5 Å². The van der Waals surface area contributed by atoms with Crippen LogP contribution in [-0.4, -0.2) is 24.6 Å². The molecule has 0 aliphatic rings. The summed E-state index contributed by atoms with van der Waals surface area (Å²) in [7, 11) is 0. The average Bonchev–Trinajstić information content (AvgIpc) is 2.80. The van der Waals surface area contributed by atoms with Gasteiger partial charge in [-0.1, -0.05) is 18.2 Å². The van der Waals surface area contributed by atoms with Crippen molar-refractivity contribution in [2.45, 2.75) is 27.3 Å². The minimum absolute atomic E-state index is 0.172. The number of ether oxygens (including phenoxy) is 2. The van der Waals surface area contributed by atoms with Gasteiger partial charge in [-0.3, -0.25) is 9.59 Å². The van der Waals surface area contributed by atoms with E-state index in [1.54, 1.807) is 37.3 Å². The van der Waals surface area contributed by atoms with E-state index >= 15 is 0 Å². The summed E-state index contributed by atoms with van der Waals surface area (Å²) < 4.78 is 9.68. The van der Waals surface area contributed by atoms with E-state index in [0.29, 0.717) is 29.1 Å². The summed E-state index contributed by atoms with van der Waals surface area (Å²) in [5.41, 5.74) is 4.80. The molecule has 3 aromatic rings. The molecule has 0 fully saturated rings. The van der Waals surface area contributed by atoms with Gasteiger partial charge in [-0.05, 0) is 86.0 Å². The summed E-state index contributed by atoms with van der Waals surface area (Å²) in [6, 6.07) is 19.0. The van der Waals surface area contributed by atoms with Crippen molar-refractivity contribution in [3.05, 3.63) is 94.5 Å². The predicted octanol–water partition coefficient (Wildman–Crippen LogP) is 5.02. The van der Waals surface area contributed by atoms with Crippen LogP contribution < -0.4 is 15.4 Å². The molecular weight excluding hydrogens is 420 g/mol. The Labute approximate surface area is 192 Å². The predicted molar refractivity (Wildman–Crippen MR) is 126 cm³/mol. The zero-order valence-electron chi connectivity index (χ0n) is 18.8. The number of nitrogens with one attached hydrogen (secondary N) is 2. The first-order chi connectivity index (χ1) is 15.9. The molecule has 33 heavy (non-hydrogen) atoms. The highest BCUT2D eigenvalue weighted by Gasteiger charge is 2.10. The van der Waals surface area contributed by atoms with E-state index < -0.39 is 6.16 Å². The topological polar surface area (TPSA) is 93.7 Å². The third kappa shape index (κ3) is 6.67. The minimum Gasteiger partial charge on any atom is -0.434 e. The number of benzene rings is 3. The van der Waals surface area contributed by atoms with Crippen molar-refractivity contribution in [1.82, 2.24) is 5.32 Å². The number of amides is 2. The highest BCUT2D eigenvalue weighted by atomic mass is 16.7. The third-order valence-corrected chi connectivity index (χ3v) is 5.01. The summed E-state index contributed by atoms with van der Waals surface area (Å²) >= 11 is 0. The van der Waals surface area contributed by atoms with E-state index in [0.717, 1.165) is 16.7 Å². The zero-order chi connectivity index (χ0) is 23.8. The lowest BCUT2D eigenvalue weighted by Crippen LogP contribution is -2.22. The quantitative estimate of drug-likeness (QED) is 0.393. The molecule has 0 aliphatic heterocycles. The Morgan fingerprint density at radius 3 is 2.09 bits per heavy atom. The smallest absolute Gasteiger partial charge is 0.434 e. The van der Waals surface area contributed by atoms with Crippen molar-refractivity contribution in [2.24, 2.45) is 0 Å². The van der Waals surface area contributed by atoms with Crippen molar-refractivity contribution in [3.8, 4) is 5.75 Å². The van der Waals surface area contributed by atoms with Gasteiger partial charge in [0.05, 0.1) is 6.61 Å². The summed E-state index contributed by atoms with van der Waals surface area (Å²) in [6.07, 6.45) is -0.789. The summed E-state index contributed by atoms with van der Waals surface area (Å²) in [5, 5.41) is 5.71. The summed E-state index contributed by atoms with van der Waals surface area (Å²) in [6.45, 7) is 6.21. The molecular formula is C26H26N2O5. The van der Waals surface area contributed by atoms with E-state index in [2.05, 4.69) is 10.6 Å². The first-order valence-corrected chi connectivity index (χ1v) is 10.6. The van der Waals surface area contributed by atoms with Crippen LogP contribution in [0.15, 0.2) is 66.7 Å². The molecule has 2 amide bonds. The Hall–Kier alpha value is -4.13. The second-order valence-corrected chi connectivity index (χ2v) is 7.44. The number of rotatable bonds is 7. The fraction of sp³-hybridized carbons (Fsp3) is 0.192. The molecule has 0 unspecified atom stereocenters. The van der Waals surface area contributed by atoms with E-state index in [4.69, 9.17) is 9.47 Å². The third-order valence-electron chi connectivity index (χ3n) is 5.01. The molecule has 7 heteroatoms. The standard InChI is InChI=1S/C26H26N2O5/c1-4-32-26(31)33-23-13-9-20(10-14-23)24(29)27-16-19-6-11-22(12-7-19)28-25(30)21-8-5-17(2)18(3)15-21/h5-15H,4,16H2,1-3H3,(H,27,29)(H,28,30). The fourth-order valence-corrected chi connectivity index (χ4v) is 2.99. The van der Waals surface area contributed by atoms with E-state index in [1.165, 1.54) is 12.1 Å². The molecule has 0 bridgehead atoms. The maximum Gasteiger partial charge on any atom is 0.513 e. The van der Waals surface area contributed by atoms with E-state index in [-0.39, 0.29) is 18.4 Å². The molecule has 0 radical (unpaired) electrons. The number of carbonyl (C=O) groups is 3. The van der Waals surface area contributed by atoms with Gasteiger partial charge >= 0.3 is 6.16 Å². The Bertz CT molecular complexity index is 1140. The lowest BCUT2D eigenvalue weighted by atomic mass is 10.1. The van der Waals surface area contributed by atoms with Crippen LogP contribution in [0.3, 0.4) is 0 Å². The second-order valence-electron chi connectivity index (χ2n) is 7.44. The minimum atomic E-state index is -0.789. The van der Waals surface area contributed by atoms with Gasteiger partial charge in [-0.15, -0.1) is 0 Å². The largest absolute Gasteiger partial charge is 0.513 e. The molecule has 0 aliphatic carbocycles. The Balaban J connectivity index is 1.51. The lowest BCUT2D eigenvalue weighted by Gasteiger charge is -2.09. The van der Waals surface area contributed by atoms with Gasteiger partial charge in [0.2, 0.25) is 0 Å². The van der Waals surface area contributed by atoms with Crippen LogP contribution in [0, 0.1) is 13.8 Å². The van der Waals surface area contributed by atoms with Crippen LogP contribution in [0.25, 0.3) is 0 Å². The number of hydrogen-bond acceptors (Lipinski definition) is 5. The van der Waals surface area contributed by atoms with Crippen molar-refractivity contribution in [2.75, 3.05) is 11.9 Å². The van der Waals surface area contributed by atoms with Crippen molar-refractivity contribution < 1.29 is 23.9 Å². The second kappa shape index (κ2) is 10.9. The van der Waals surface area contributed by atoms with Crippen LogP contribution in [0.2, 0.25) is 0 Å². The van der Waals surface area contributed by atoms with Gasteiger partial charge < -0.3 is 20.1 Å². The van der Waals surface area contributed by atoms with E-state index in [1.807, 2.05) is 38.1 Å². The normalized spacial score (nSPS) is 10.3. The highest BCUT2D eigenvalue weighted by molar-refractivity contribution is 6.04. The number of anilines is 1. The van der Waals surface area contributed by atoms with Gasteiger partial charge in [0.1, 0.15) is 5.75 Å². The lowest BCUT2D eigenvalue weighted by molar-refractivity contribution is 0.0950. The van der Waals surface area contributed by atoms with Gasteiger partial charge in [0, 0.05) is 23.4 Å². The number of hydrogen-bond donors (Lipinski definition) is 2. The molecule has 3 aromatic carbocycles. The van der Waals surface area contributed by atoms with Crippen LogP contribution in [0.1, 0.15) is 44.3 Å². The van der Waals surface area contributed by atoms with Gasteiger partial charge in [-0.2, -0.15) is 0 Å². The molecule has 0 spiro atoms. The molecule has 7 nitrogen and oxygen atoms in total. The maximum absolute atomic E-state index is 12.4. The molecule has 3 rings (SSSR count). The van der Waals surface area contributed by atoms with E-state index in [9.17, 15) is 14.4 Å². The number of carbonyl (C=O) groups excluding carboxylic acids is 3. The molecule has 170 valence electrons. The molecule has 2 N–H and O–H groups in total.